The quantitative estimate of drug-likeness (QED) is 0.235. The van der Waals surface area contributed by atoms with E-state index in [-0.39, 0.29) is 12.1 Å². The molecule has 40 heavy (non-hydrogen) atoms. The molecule has 1 aliphatic rings. The van der Waals surface area contributed by atoms with Gasteiger partial charge < -0.3 is 24.3 Å². The molecular formula is C28H27N5O5S2. The summed E-state index contributed by atoms with van der Waals surface area (Å²) in [6, 6.07) is 21.3. The molecule has 2 aromatic heterocycles. The van der Waals surface area contributed by atoms with E-state index in [0.717, 1.165) is 23.3 Å². The predicted molar refractivity (Wildman–Crippen MR) is 157 cm³/mol. The van der Waals surface area contributed by atoms with Crippen LogP contribution in [0.3, 0.4) is 0 Å². The molecule has 1 aliphatic heterocycles. The molecule has 0 spiro atoms. The van der Waals surface area contributed by atoms with Crippen LogP contribution in [0, 0.1) is 0 Å². The van der Waals surface area contributed by atoms with Gasteiger partial charge in [-0.15, -0.1) is 0 Å². The van der Waals surface area contributed by atoms with E-state index in [1.54, 1.807) is 36.5 Å². The topological polar surface area (TPSA) is 115 Å². The molecule has 206 valence electrons. The van der Waals surface area contributed by atoms with Crippen molar-refractivity contribution >= 4 is 44.7 Å². The van der Waals surface area contributed by atoms with Gasteiger partial charge in [-0.05, 0) is 72.9 Å². The molecule has 0 radical (unpaired) electrons. The molecule has 0 unspecified atom stereocenters. The Labute approximate surface area is 237 Å². The number of aromatic nitrogens is 2. The first-order chi connectivity index (χ1) is 19.2. The number of rotatable bonds is 8. The van der Waals surface area contributed by atoms with Crippen LogP contribution in [0.2, 0.25) is 0 Å². The Hall–Kier alpha value is -4.42. The van der Waals surface area contributed by atoms with Crippen LogP contribution in [0.4, 0.5) is 11.4 Å². The van der Waals surface area contributed by atoms with Gasteiger partial charge >= 0.3 is 5.97 Å². The van der Waals surface area contributed by atoms with Crippen molar-refractivity contribution in [3.8, 4) is 11.4 Å². The third-order valence-electron chi connectivity index (χ3n) is 6.51. The molecule has 0 aliphatic carbocycles. The number of hydrogen-bond donors (Lipinski definition) is 2. The third-order valence-corrected chi connectivity index (χ3v) is 7.41. The van der Waals surface area contributed by atoms with Gasteiger partial charge in [0.2, 0.25) is 10.0 Å². The van der Waals surface area contributed by atoms with E-state index < -0.39 is 16.0 Å². The van der Waals surface area contributed by atoms with Crippen LogP contribution in [0.1, 0.15) is 33.8 Å². The van der Waals surface area contributed by atoms with E-state index in [1.165, 1.54) is 14.2 Å². The SMILES string of the molecule is COC(=O)c1ccc(-n2cccc2[C@@H]2[C@@H](c3ccccn3)NC(=S)N2c2ccc(NS(C)(=O)=O)c(OC)c2)cc1. The Bertz CT molecular complexity index is 1660. The van der Waals surface area contributed by atoms with Crippen molar-refractivity contribution in [2.75, 3.05) is 30.1 Å². The number of nitrogens with one attached hydrogen (secondary N) is 2. The minimum atomic E-state index is -3.51. The Morgan fingerprint density at radius 2 is 1.77 bits per heavy atom. The number of carbonyl (C=O) groups is 1. The van der Waals surface area contributed by atoms with Gasteiger partial charge in [0.1, 0.15) is 11.8 Å². The van der Waals surface area contributed by atoms with Crippen LogP contribution >= 0.6 is 12.2 Å². The van der Waals surface area contributed by atoms with Crippen LogP contribution in [0.25, 0.3) is 5.69 Å². The molecule has 0 bridgehead atoms. The zero-order valence-electron chi connectivity index (χ0n) is 21.9. The van der Waals surface area contributed by atoms with Crippen molar-refractivity contribution in [1.29, 1.82) is 0 Å². The Balaban J connectivity index is 1.62. The molecule has 2 aromatic carbocycles. The van der Waals surface area contributed by atoms with Gasteiger partial charge in [-0.1, -0.05) is 6.07 Å². The number of methoxy groups -OCH3 is 2. The fourth-order valence-electron chi connectivity index (χ4n) is 4.79. The fourth-order valence-corrected chi connectivity index (χ4v) is 5.71. The molecule has 10 nitrogen and oxygen atoms in total. The highest BCUT2D eigenvalue weighted by Crippen LogP contribution is 2.44. The van der Waals surface area contributed by atoms with E-state index in [0.29, 0.717) is 27.8 Å². The molecule has 3 heterocycles. The summed E-state index contributed by atoms with van der Waals surface area (Å²) in [5.74, 6) is -0.0617. The monoisotopic (exact) mass is 577 g/mol. The number of nitrogens with zero attached hydrogens (tertiary/aromatic N) is 3. The summed E-state index contributed by atoms with van der Waals surface area (Å²) in [5.41, 5.74) is 4.02. The van der Waals surface area contributed by atoms with Gasteiger partial charge in [0.05, 0.1) is 43.5 Å². The number of ether oxygens (including phenoxy) is 2. The lowest BCUT2D eigenvalue weighted by molar-refractivity contribution is 0.0600. The van der Waals surface area contributed by atoms with Crippen molar-refractivity contribution < 1.29 is 22.7 Å². The number of sulfonamides is 1. The molecule has 5 rings (SSSR count). The summed E-state index contributed by atoms with van der Waals surface area (Å²) in [6.45, 7) is 0. The van der Waals surface area contributed by atoms with Gasteiger partial charge in [-0.25, -0.2) is 13.2 Å². The molecule has 4 aromatic rings. The lowest BCUT2D eigenvalue weighted by Crippen LogP contribution is -2.30. The molecule has 1 saturated heterocycles. The van der Waals surface area contributed by atoms with Crippen molar-refractivity contribution in [3.05, 3.63) is 102 Å². The fraction of sp³-hybridized carbons (Fsp3) is 0.179. The predicted octanol–water partition coefficient (Wildman–Crippen LogP) is 4.22. The van der Waals surface area contributed by atoms with Gasteiger partial charge in [0, 0.05) is 35.5 Å². The molecule has 2 atom stereocenters. The van der Waals surface area contributed by atoms with Gasteiger partial charge in [-0.2, -0.15) is 0 Å². The van der Waals surface area contributed by atoms with E-state index in [1.807, 2.05) is 58.1 Å². The standard InChI is InChI=1S/C28H27N5O5S2/c1-37-24-17-20(13-14-21(24)31-40(3,35)36)33-26(25(30-28(33)39)22-7-4-5-15-29-22)23-8-6-16-32(23)19-11-9-18(10-12-19)27(34)38-2/h4-17,25-26,31H,1-3H3,(H,30,39)/t25-,26-/m1/s1. The van der Waals surface area contributed by atoms with Crippen molar-refractivity contribution in [3.63, 3.8) is 0 Å². The second-order valence-corrected chi connectivity index (χ2v) is 11.2. The maximum atomic E-state index is 12.0. The maximum Gasteiger partial charge on any atom is 0.337 e. The molecule has 2 N–H and O–H groups in total. The van der Waals surface area contributed by atoms with E-state index in [2.05, 4.69) is 15.0 Å². The molecule has 0 saturated carbocycles. The number of benzene rings is 2. The summed E-state index contributed by atoms with van der Waals surface area (Å²) < 4.78 is 38.6. The van der Waals surface area contributed by atoms with E-state index in [9.17, 15) is 13.2 Å². The smallest absolute Gasteiger partial charge is 0.337 e. The van der Waals surface area contributed by atoms with E-state index >= 15 is 0 Å². The maximum absolute atomic E-state index is 12.0. The second kappa shape index (κ2) is 11.0. The van der Waals surface area contributed by atoms with Crippen molar-refractivity contribution in [2.24, 2.45) is 0 Å². The van der Waals surface area contributed by atoms with Crippen LogP contribution in [0.5, 0.6) is 5.75 Å². The summed E-state index contributed by atoms with van der Waals surface area (Å²) >= 11 is 5.84. The Morgan fingerprint density at radius 1 is 1.02 bits per heavy atom. The number of pyridine rings is 1. The molecule has 12 heteroatoms. The van der Waals surface area contributed by atoms with Gasteiger partial charge in [0.25, 0.3) is 0 Å². The second-order valence-electron chi connectivity index (χ2n) is 9.10. The Kier molecular flexibility index (Phi) is 7.46. The number of thiocarbonyl (C=S) groups is 1. The van der Waals surface area contributed by atoms with Crippen LogP contribution in [0.15, 0.2) is 85.2 Å². The van der Waals surface area contributed by atoms with Crippen LogP contribution in [-0.2, 0) is 14.8 Å². The highest BCUT2D eigenvalue weighted by Gasteiger charge is 2.42. The summed E-state index contributed by atoms with van der Waals surface area (Å²) in [4.78, 5) is 18.5. The highest BCUT2D eigenvalue weighted by molar-refractivity contribution is 7.92. The van der Waals surface area contributed by atoms with Crippen molar-refractivity contribution in [1.82, 2.24) is 14.9 Å². The molecule has 1 fully saturated rings. The first-order valence-electron chi connectivity index (χ1n) is 12.2. The summed E-state index contributed by atoms with van der Waals surface area (Å²) in [6.07, 6.45) is 4.76. The number of anilines is 2. The molecular weight excluding hydrogens is 550 g/mol. The number of esters is 1. The average Bonchev–Trinajstić information content (AvgIpc) is 3.57. The number of carbonyl (C=O) groups excluding carboxylic acids is 1. The first kappa shape index (κ1) is 27.2. The average molecular weight is 578 g/mol. The van der Waals surface area contributed by atoms with E-state index in [4.69, 9.17) is 21.7 Å². The summed E-state index contributed by atoms with van der Waals surface area (Å²) in [5, 5.41) is 3.90. The van der Waals surface area contributed by atoms with Crippen molar-refractivity contribution in [2.45, 2.75) is 12.1 Å². The number of hydrogen-bond acceptors (Lipinski definition) is 7. The molecule has 0 amide bonds. The first-order valence-corrected chi connectivity index (χ1v) is 14.5. The van der Waals surface area contributed by atoms with Crippen LogP contribution < -0.4 is 19.7 Å². The Morgan fingerprint density at radius 3 is 2.42 bits per heavy atom. The minimum absolute atomic E-state index is 0.309. The van der Waals surface area contributed by atoms with Gasteiger partial charge in [-0.3, -0.25) is 9.71 Å². The zero-order valence-corrected chi connectivity index (χ0v) is 23.6. The lowest BCUT2D eigenvalue weighted by Gasteiger charge is -2.29. The van der Waals surface area contributed by atoms with Crippen LogP contribution in [-0.4, -0.2) is 49.5 Å². The largest absolute Gasteiger partial charge is 0.494 e. The minimum Gasteiger partial charge on any atom is -0.494 e. The zero-order chi connectivity index (χ0) is 28.4. The van der Waals surface area contributed by atoms with Gasteiger partial charge in [0.15, 0.2) is 5.11 Å². The summed E-state index contributed by atoms with van der Waals surface area (Å²) in [7, 11) is -0.687. The normalized spacial score (nSPS) is 16.9. The third kappa shape index (κ3) is 5.36. The highest BCUT2D eigenvalue weighted by atomic mass is 32.2. The lowest BCUT2D eigenvalue weighted by atomic mass is 10.0.